The summed E-state index contributed by atoms with van der Waals surface area (Å²) in [6.45, 7) is 2.39. The normalized spacial score (nSPS) is 15.8. The molecule has 0 bridgehead atoms. The predicted octanol–water partition coefficient (Wildman–Crippen LogP) is 2.37. The van der Waals surface area contributed by atoms with Crippen LogP contribution in [-0.4, -0.2) is 28.2 Å². The van der Waals surface area contributed by atoms with Crippen molar-refractivity contribution < 1.29 is 9.53 Å². The van der Waals surface area contributed by atoms with E-state index in [1.165, 1.54) is 11.8 Å². The van der Waals surface area contributed by atoms with E-state index in [4.69, 9.17) is 11.2 Å². The van der Waals surface area contributed by atoms with Crippen LogP contribution in [0.25, 0.3) is 0 Å². The van der Waals surface area contributed by atoms with Crippen LogP contribution in [0.2, 0.25) is 0 Å². The molecular formula is C18H17N3O3S. The first-order chi connectivity index (χ1) is 12.1. The van der Waals surface area contributed by atoms with Crippen LogP contribution in [0, 0.1) is 12.3 Å². The lowest BCUT2D eigenvalue weighted by Crippen LogP contribution is -2.31. The molecule has 25 heavy (non-hydrogen) atoms. The number of aromatic nitrogens is 2. The Labute approximate surface area is 149 Å². The van der Waals surface area contributed by atoms with Crippen molar-refractivity contribution in [1.82, 2.24) is 9.97 Å². The lowest BCUT2D eigenvalue weighted by Gasteiger charge is -2.25. The summed E-state index contributed by atoms with van der Waals surface area (Å²) in [5, 5.41) is 3.08. The average molecular weight is 355 g/mol. The van der Waals surface area contributed by atoms with Crippen LogP contribution in [0.15, 0.2) is 34.2 Å². The zero-order chi connectivity index (χ0) is 17.8. The van der Waals surface area contributed by atoms with Gasteiger partial charge >= 0.3 is 0 Å². The minimum absolute atomic E-state index is 0.165. The van der Waals surface area contributed by atoms with Crippen LogP contribution in [0.5, 0.6) is 5.75 Å². The zero-order valence-corrected chi connectivity index (χ0v) is 14.5. The fourth-order valence-corrected chi connectivity index (χ4v) is 3.39. The van der Waals surface area contributed by atoms with Crippen molar-refractivity contribution in [3.8, 4) is 18.1 Å². The summed E-state index contributed by atoms with van der Waals surface area (Å²) in [5.74, 6) is 3.22. The maximum absolute atomic E-state index is 12.7. The second kappa shape index (κ2) is 7.45. The fourth-order valence-electron chi connectivity index (χ4n) is 2.85. The number of nitrogens with one attached hydrogen (secondary N) is 2. The first kappa shape index (κ1) is 17.1. The number of fused-ring (bicyclic) bond motifs is 1. The number of carbonyl (C=O) groups is 1. The number of para-hydroxylation sites is 1. The Morgan fingerprint density at radius 1 is 1.40 bits per heavy atom. The number of carbonyl (C=O) groups excluding carboxylic acids is 1. The van der Waals surface area contributed by atoms with Crippen molar-refractivity contribution in [3.63, 3.8) is 0 Å². The quantitative estimate of drug-likeness (QED) is 0.489. The number of benzene rings is 1. The first-order valence-corrected chi connectivity index (χ1v) is 8.84. The van der Waals surface area contributed by atoms with Crippen LogP contribution < -0.4 is 15.6 Å². The van der Waals surface area contributed by atoms with Crippen molar-refractivity contribution in [2.45, 2.75) is 24.4 Å². The Hall–Kier alpha value is -2.72. The minimum atomic E-state index is -0.408. The summed E-state index contributed by atoms with van der Waals surface area (Å²) in [5.41, 5.74) is 0.967. The number of ether oxygens (including phenoxy) is 1. The van der Waals surface area contributed by atoms with Crippen molar-refractivity contribution in [1.29, 1.82) is 0 Å². The van der Waals surface area contributed by atoms with E-state index in [-0.39, 0.29) is 23.7 Å². The largest absolute Gasteiger partial charge is 0.494 e. The third-order valence-electron chi connectivity index (χ3n) is 3.82. The standard InChI is InChI=1S/C18H17N3O3S/c1-3-9-25-18-20-16-15(17(23)21-18)12(10-14(22)19-16)11-7-5-6-8-13(11)24-4-2/h1,5-8,12H,4,9-10H2,2H3,(H2,19,20,21,22,23)/t12-/m1/s1. The number of anilines is 1. The van der Waals surface area contributed by atoms with E-state index in [9.17, 15) is 9.59 Å². The Morgan fingerprint density at radius 3 is 2.96 bits per heavy atom. The molecule has 3 rings (SSSR count). The molecule has 2 heterocycles. The monoisotopic (exact) mass is 355 g/mol. The van der Waals surface area contributed by atoms with E-state index < -0.39 is 5.92 Å². The number of rotatable bonds is 5. The van der Waals surface area contributed by atoms with E-state index >= 15 is 0 Å². The highest BCUT2D eigenvalue weighted by Crippen LogP contribution is 2.38. The van der Waals surface area contributed by atoms with E-state index in [2.05, 4.69) is 21.2 Å². The Balaban J connectivity index is 2.10. The number of thioether (sulfide) groups is 1. The number of amides is 1. The van der Waals surface area contributed by atoms with Gasteiger partial charge in [-0.05, 0) is 13.0 Å². The zero-order valence-electron chi connectivity index (χ0n) is 13.7. The summed E-state index contributed by atoms with van der Waals surface area (Å²) in [4.78, 5) is 31.9. The van der Waals surface area contributed by atoms with Gasteiger partial charge in [-0.15, -0.1) is 6.42 Å². The van der Waals surface area contributed by atoms with Gasteiger partial charge in [-0.3, -0.25) is 9.59 Å². The lowest BCUT2D eigenvalue weighted by molar-refractivity contribution is -0.116. The molecule has 2 N–H and O–H groups in total. The Kier molecular flexibility index (Phi) is 5.10. The molecule has 1 aliphatic rings. The predicted molar refractivity (Wildman–Crippen MR) is 97.1 cm³/mol. The van der Waals surface area contributed by atoms with Crippen molar-refractivity contribution in [2.75, 3.05) is 17.7 Å². The van der Waals surface area contributed by atoms with Gasteiger partial charge in [0.2, 0.25) is 5.91 Å². The molecule has 0 spiro atoms. The highest BCUT2D eigenvalue weighted by molar-refractivity contribution is 7.99. The van der Waals surface area contributed by atoms with E-state index in [1.807, 2.05) is 31.2 Å². The number of hydrogen-bond donors (Lipinski definition) is 2. The van der Waals surface area contributed by atoms with Gasteiger partial charge in [-0.25, -0.2) is 4.98 Å². The molecule has 1 amide bonds. The summed E-state index contributed by atoms with van der Waals surface area (Å²) in [6.07, 6.45) is 5.41. The van der Waals surface area contributed by atoms with E-state index in [0.717, 1.165) is 5.56 Å². The Bertz CT molecular complexity index is 901. The van der Waals surface area contributed by atoms with Gasteiger partial charge in [0.1, 0.15) is 11.6 Å². The summed E-state index contributed by atoms with van der Waals surface area (Å²) in [7, 11) is 0. The van der Waals surface area contributed by atoms with Gasteiger partial charge in [-0.1, -0.05) is 35.9 Å². The lowest BCUT2D eigenvalue weighted by atomic mass is 9.86. The minimum Gasteiger partial charge on any atom is -0.494 e. The summed E-state index contributed by atoms with van der Waals surface area (Å²) in [6, 6.07) is 7.44. The van der Waals surface area contributed by atoms with Crippen molar-refractivity contribution in [2.24, 2.45) is 0 Å². The SMILES string of the molecule is C#CCSc1nc2c(c(=O)[nH]1)[C@@H](c1ccccc1OCC)CC(=O)N2. The van der Waals surface area contributed by atoms with Crippen LogP contribution in [0.1, 0.15) is 30.4 Å². The molecule has 128 valence electrons. The molecule has 0 saturated heterocycles. The molecular weight excluding hydrogens is 338 g/mol. The number of nitrogens with zero attached hydrogens (tertiary/aromatic N) is 1. The van der Waals surface area contributed by atoms with Crippen molar-refractivity contribution in [3.05, 3.63) is 45.7 Å². The van der Waals surface area contributed by atoms with E-state index in [1.54, 1.807) is 0 Å². The molecule has 1 atom stereocenters. The topological polar surface area (TPSA) is 84.1 Å². The molecule has 0 aliphatic carbocycles. The summed E-state index contributed by atoms with van der Waals surface area (Å²) < 4.78 is 5.67. The van der Waals surface area contributed by atoms with Crippen LogP contribution in [0.4, 0.5) is 5.82 Å². The molecule has 2 aromatic rings. The highest BCUT2D eigenvalue weighted by Gasteiger charge is 2.32. The second-order valence-corrected chi connectivity index (χ2v) is 6.37. The summed E-state index contributed by atoms with van der Waals surface area (Å²) >= 11 is 1.24. The number of aromatic amines is 1. The number of terminal acetylenes is 1. The maximum atomic E-state index is 12.7. The first-order valence-electron chi connectivity index (χ1n) is 7.86. The van der Waals surface area contributed by atoms with E-state index in [0.29, 0.717) is 28.8 Å². The molecule has 0 radical (unpaired) electrons. The third kappa shape index (κ3) is 3.54. The number of H-pyrrole nitrogens is 1. The van der Waals surface area contributed by atoms with Crippen LogP contribution in [0.3, 0.4) is 0 Å². The fraction of sp³-hybridized carbons (Fsp3) is 0.278. The number of hydrogen-bond acceptors (Lipinski definition) is 5. The molecule has 6 nitrogen and oxygen atoms in total. The average Bonchev–Trinajstić information content (AvgIpc) is 2.59. The second-order valence-electron chi connectivity index (χ2n) is 5.40. The van der Waals surface area contributed by atoms with Crippen molar-refractivity contribution >= 4 is 23.5 Å². The van der Waals surface area contributed by atoms with Gasteiger partial charge in [0, 0.05) is 17.9 Å². The molecule has 1 aliphatic heterocycles. The van der Waals surface area contributed by atoms with Gasteiger partial charge in [0.25, 0.3) is 5.56 Å². The Morgan fingerprint density at radius 2 is 2.20 bits per heavy atom. The van der Waals surface area contributed by atoms with Gasteiger partial charge in [0.05, 0.1) is 17.9 Å². The van der Waals surface area contributed by atoms with Gasteiger partial charge < -0.3 is 15.0 Å². The smallest absolute Gasteiger partial charge is 0.257 e. The molecule has 1 aromatic heterocycles. The third-order valence-corrected chi connectivity index (χ3v) is 4.59. The van der Waals surface area contributed by atoms with Crippen LogP contribution in [-0.2, 0) is 4.79 Å². The molecule has 0 fully saturated rings. The maximum Gasteiger partial charge on any atom is 0.257 e. The highest BCUT2D eigenvalue weighted by atomic mass is 32.2. The molecule has 0 unspecified atom stereocenters. The molecule has 7 heteroatoms. The van der Waals surface area contributed by atoms with Crippen LogP contribution >= 0.6 is 11.8 Å². The molecule has 1 aromatic carbocycles. The van der Waals surface area contributed by atoms with Gasteiger partial charge in [0.15, 0.2) is 5.16 Å². The van der Waals surface area contributed by atoms with Gasteiger partial charge in [-0.2, -0.15) is 0 Å². The molecule has 0 saturated carbocycles.